The molecule has 18 heavy (non-hydrogen) atoms. The lowest BCUT2D eigenvalue weighted by atomic mass is 10.0. The number of halogens is 2. The Morgan fingerprint density at radius 1 is 1.33 bits per heavy atom. The zero-order valence-electron chi connectivity index (χ0n) is 9.01. The van der Waals surface area contributed by atoms with E-state index in [0.717, 1.165) is 16.4 Å². The van der Waals surface area contributed by atoms with Crippen LogP contribution in [-0.4, -0.2) is 36.9 Å². The van der Waals surface area contributed by atoms with Gasteiger partial charge in [0.1, 0.15) is 16.5 Å². The molecule has 0 aliphatic carbocycles. The fourth-order valence-electron chi connectivity index (χ4n) is 1.61. The number of hydrogen-bond donors (Lipinski definition) is 1. The van der Waals surface area contributed by atoms with Crippen LogP contribution in [0.5, 0.6) is 0 Å². The van der Waals surface area contributed by atoms with E-state index in [1.54, 1.807) is 0 Å². The van der Waals surface area contributed by atoms with Crippen molar-refractivity contribution < 1.29 is 27.1 Å². The van der Waals surface area contributed by atoms with Crippen LogP contribution in [0, 0.1) is 17.6 Å². The second-order valence-corrected chi connectivity index (χ2v) is 5.84. The maximum atomic E-state index is 13.4. The summed E-state index contributed by atoms with van der Waals surface area (Å²) in [6.45, 7) is -0.400. The maximum absolute atomic E-state index is 13.4. The van der Waals surface area contributed by atoms with E-state index in [4.69, 9.17) is 5.11 Å². The highest BCUT2D eigenvalue weighted by atomic mass is 32.2. The molecule has 0 radical (unpaired) electrons. The topological polar surface area (TPSA) is 74.7 Å². The molecule has 1 fully saturated rings. The molecule has 98 valence electrons. The number of rotatable bonds is 3. The normalized spacial score (nSPS) is 17.4. The molecule has 1 saturated heterocycles. The number of aliphatic carboxylic acids is 1. The molecule has 0 saturated carbocycles. The quantitative estimate of drug-likeness (QED) is 0.881. The minimum atomic E-state index is -4.09. The van der Waals surface area contributed by atoms with Gasteiger partial charge in [-0.05, 0) is 12.1 Å². The van der Waals surface area contributed by atoms with Gasteiger partial charge in [-0.15, -0.1) is 0 Å². The summed E-state index contributed by atoms with van der Waals surface area (Å²) >= 11 is 0. The summed E-state index contributed by atoms with van der Waals surface area (Å²) in [5.41, 5.74) is 0. The maximum Gasteiger partial charge on any atom is 0.309 e. The third-order valence-corrected chi connectivity index (χ3v) is 4.57. The smallest absolute Gasteiger partial charge is 0.309 e. The highest BCUT2D eigenvalue weighted by molar-refractivity contribution is 7.89. The minimum Gasteiger partial charge on any atom is -0.481 e. The second kappa shape index (κ2) is 4.29. The molecule has 2 rings (SSSR count). The average molecular weight is 277 g/mol. The summed E-state index contributed by atoms with van der Waals surface area (Å²) in [4.78, 5) is 9.91. The lowest BCUT2D eigenvalue weighted by Crippen LogP contribution is -2.52. The first-order chi connectivity index (χ1) is 8.32. The van der Waals surface area contributed by atoms with Gasteiger partial charge in [-0.1, -0.05) is 0 Å². The van der Waals surface area contributed by atoms with E-state index >= 15 is 0 Å². The molecule has 1 N–H and O–H groups in total. The van der Waals surface area contributed by atoms with E-state index in [1.807, 2.05) is 0 Å². The summed E-state index contributed by atoms with van der Waals surface area (Å²) in [5.74, 6) is -3.93. The van der Waals surface area contributed by atoms with Gasteiger partial charge in [0, 0.05) is 19.2 Å². The molecule has 8 heteroatoms. The Bertz CT molecular complexity index is 596. The van der Waals surface area contributed by atoms with Crippen molar-refractivity contribution in [1.29, 1.82) is 0 Å². The SMILES string of the molecule is O=C(O)C1CN(S(=O)(=O)c2ccc(F)cc2F)C1. The number of carboxylic acid groups (broad SMARTS) is 1. The second-order valence-electron chi connectivity index (χ2n) is 3.93. The van der Waals surface area contributed by atoms with Crippen molar-refractivity contribution in [2.75, 3.05) is 13.1 Å². The van der Waals surface area contributed by atoms with E-state index in [-0.39, 0.29) is 13.1 Å². The zero-order chi connectivity index (χ0) is 13.5. The van der Waals surface area contributed by atoms with Crippen molar-refractivity contribution in [2.45, 2.75) is 4.90 Å². The van der Waals surface area contributed by atoms with Crippen molar-refractivity contribution in [1.82, 2.24) is 4.31 Å². The van der Waals surface area contributed by atoms with Crippen LogP contribution in [0.1, 0.15) is 0 Å². The van der Waals surface area contributed by atoms with Crippen molar-refractivity contribution in [3.63, 3.8) is 0 Å². The zero-order valence-corrected chi connectivity index (χ0v) is 9.82. The van der Waals surface area contributed by atoms with Gasteiger partial charge >= 0.3 is 5.97 Å². The molecular formula is C10H9F2NO4S. The molecular weight excluding hydrogens is 268 g/mol. The van der Waals surface area contributed by atoms with Crippen LogP contribution >= 0.6 is 0 Å². The molecule has 1 aromatic carbocycles. The Labute approximate surface area is 102 Å². The van der Waals surface area contributed by atoms with Crippen LogP contribution < -0.4 is 0 Å². The van der Waals surface area contributed by atoms with Gasteiger partial charge in [-0.2, -0.15) is 4.31 Å². The lowest BCUT2D eigenvalue weighted by molar-refractivity contribution is -0.145. The van der Waals surface area contributed by atoms with E-state index < -0.39 is 38.4 Å². The van der Waals surface area contributed by atoms with Gasteiger partial charge in [0.15, 0.2) is 0 Å². The Morgan fingerprint density at radius 2 is 1.94 bits per heavy atom. The van der Waals surface area contributed by atoms with Crippen molar-refractivity contribution in [3.05, 3.63) is 29.8 Å². The number of carboxylic acids is 1. The van der Waals surface area contributed by atoms with Crippen LogP contribution in [0.15, 0.2) is 23.1 Å². The van der Waals surface area contributed by atoms with Gasteiger partial charge in [0.25, 0.3) is 0 Å². The van der Waals surface area contributed by atoms with Gasteiger partial charge < -0.3 is 5.11 Å². The minimum absolute atomic E-state index is 0.200. The molecule has 0 bridgehead atoms. The highest BCUT2D eigenvalue weighted by Gasteiger charge is 2.41. The average Bonchev–Trinajstić information content (AvgIpc) is 2.12. The van der Waals surface area contributed by atoms with Crippen molar-refractivity contribution in [3.8, 4) is 0 Å². The fraction of sp³-hybridized carbons (Fsp3) is 0.300. The third-order valence-electron chi connectivity index (χ3n) is 2.71. The first-order valence-electron chi connectivity index (χ1n) is 5.00. The lowest BCUT2D eigenvalue weighted by Gasteiger charge is -2.35. The largest absolute Gasteiger partial charge is 0.481 e. The van der Waals surface area contributed by atoms with Gasteiger partial charge in [-0.3, -0.25) is 4.79 Å². The standard InChI is InChI=1S/C10H9F2NO4S/c11-7-1-2-9(8(12)3-7)18(16,17)13-4-6(5-13)10(14)15/h1-3,6H,4-5H2,(H,14,15). The molecule has 0 unspecified atom stereocenters. The van der Waals surface area contributed by atoms with Crippen LogP contribution in [-0.2, 0) is 14.8 Å². The molecule has 1 aliphatic rings. The Kier molecular flexibility index (Phi) is 3.07. The first kappa shape index (κ1) is 12.9. The molecule has 0 spiro atoms. The van der Waals surface area contributed by atoms with Crippen LogP contribution in [0.25, 0.3) is 0 Å². The highest BCUT2D eigenvalue weighted by Crippen LogP contribution is 2.27. The molecule has 0 amide bonds. The predicted octanol–water partition coefficient (Wildman–Crippen LogP) is 0.670. The van der Waals surface area contributed by atoms with Gasteiger partial charge in [0.2, 0.25) is 10.0 Å². The summed E-state index contributed by atoms with van der Waals surface area (Å²) in [5, 5.41) is 8.63. The summed E-state index contributed by atoms with van der Waals surface area (Å²) in [7, 11) is -4.09. The molecule has 1 heterocycles. The molecule has 0 atom stereocenters. The number of nitrogens with zero attached hydrogens (tertiary/aromatic N) is 1. The molecule has 1 aromatic rings. The molecule has 5 nitrogen and oxygen atoms in total. The number of carbonyl (C=O) groups is 1. The Morgan fingerprint density at radius 3 is 2.44 bits per heavy atom. The third kappa shape index (κ3) is 2.08. The van der Waals surface area contributed by atoms with Crippen LogP contribution in [0.3, 0.4) is 0 Å². The fourth-order valence-corrected chi connectivity index (χ4v) is 3.19. The van der Waals surface area contributed by atoms with Crippen LogP contribution in [0.2, 0.25) is 0 Å². The molecule has 1 aliphatic heterocycles. The predicted molar refractivity (Wildman–Crippen MR) is 56.2 cm³/mol. The van der Waals surface area contributed by atoms with Crippen molar-refractivity contribution in [2.24, 2.45) is 5.92 Å². The van der Waals surface area contributed by atoms with Gasteiger partial charge in [0.05, 0.1) is 5.92 Å². The van der Waals surface area contributed by atoms with E-state index in [2.05, 4.69) is 0 Å². The number of hydrogen-bond acceptors (Lipinski definition) is 3. The summed E-state index contributed by atoms with van der Waals surface area (Å²) in [6, 6.07) is 2.14. The van der Waals surface area contributed by atoms with E-state index in [0.29, 0.717) is 6.07 Å². The van der Waals surface area contributed by atoms with E-state index in [9.17, 15) is 22.0 Å². The summed E-state index contributed by atoms with van der Waals surface area (Å²) < 4.78 is 50.7. The monoisotopic (exact) mass is 277 g/mol. The Balaban J connectivity index is 2.25. The number of sulfonamides is 1. The van der Waals surface area contributed by atoms with Crippen LogP contribution in [0.4, 0.5) is 8.78 Å². The van der Waals surface area contributed by atoms with E-state index in [1.165, 1.54) is 0 Å². The van der Waals surface area contributed by atoms with Crippen molar-refractivity contribution >= 4 is 16.0 Å². The molecule has 0 aromatic heterocycles. The first-order valence-corrected chi connectivity index (χ1v) is 6.44. The summed E-state index contributed by atoms with van der Waals surface area (Å²) in [6.07, 6.45) is 0. The number of benzene rings is 1. The Hall–Kier alpha value is -1.54. The van der Waals surface area contributed by atoms with Gasteiger partial charge in [-0.25, -0.2) is 17.2 Å².